The molecule has 1 aliphatic rings. The van der Waals surface area contributed by atoms with Crippen LogP contribution in [0.4, 0.5) is 0 Å². The van der Waals surface area contributed by atoms with E-state index in [0.29, 0.717) is 11.3 Å². The van der Waals surface area contributed by atoms with Crippen molar-refractivity contribution in [3.05, 3.63) is 29.8 Å². The van der Waals surface area contributed by atoms with Gasteiger partial charge in [0.2, 0.25) is 0 Å². The molecule has 0 radical (unpaired) electrons. The molecule has 104 valence electrons. The van der Waals surface area contributed by atoms with Crippen molar-refractivity contribution in [3.63, 3.8) is 0 Å². The zero-order valence-corrected chi connectivity index (χ0v) is 11.8. The minimum absolute atomic E-state index is 0.0239. The van der Waals surface area contributed by atoms with Crippen LogP contribution in [-0.2, 0) is 0 Å². The molecule has 1 atom stereocenters. The lowest BCUT2D eigenvalue weighted by Gasteiger charge is -2.46. The molecule has 1 amide bonds. The molecular formula is C15H22N2O2. The number of rotatable bonds is 2. The van der Waals surface area contributed by atoms with E-state index in [1.54, 1.807) is 13.2 Å². The number of likely N-dealkylation sites (tertiary alicyclic amines) is 1. The van der Waals surface area contributed by atoms with Gasteiger partial charge in [-0.15, -0.1) is 0 Å². The molecule has 1 aromatic carbocycles. The fourth-order valence-electron chi connectivity index (χ4n) is 2.59. The Morgan fingerprint density at radius 3 is 2.89 bits per heavy atom. The molecule has 0 aliphatic carbocycles. The van der Waals surface area contributed by atoms with Gasteiger partial charge in [0.15, 0.2) is 0 Å². The molecule has 1 unspecified atom stereocenters. The number of carbonyl (C=O) groups excluding carboxylic acids is 1. The minimum Gasteiger partial charge on any atom is -0.497 e. The highest BCUT2D eigenvalue weighted by Crippen LogP contribution is 2.28. The van der Waals surface area contributed by atoms with Crippen molar-refractivity contribution in [3.8, 4) is 5.75 Å². The molecule has 1 saturated heterocycles. The second kappa shape index (κ2) is 5.21. The number of ether oxygens (including phenoxy) is 1. The molecule has 2 N–H and O–H groups in total. The highest BCUT2D eigenvalue weighted by molar-refractivity contribution is 5.95. The SMILES string of the molecule is COc1cccc(C(=O)N2CCCC(N)C2(C)C)c1. The fraction of sp³-hybridized carbons (Fsp3) is 0.533. The summed E-state index contributed by atoms with van der Waals surface area (Å²) in [6.45, 7) is 4.83. The number of hydrogen-bond acceptors (Lipinski definition) is 3. The van der Waals surface area contributed by atoms with Crippen molar-refractivity contribution in [2.24, 2.45) is 5.73 Å². The van der Waals surface area contributed by atoms with Crippen LogP contribution >= 0.6 is 0 Å². The smallest absolute Gasteiger partial charge is 0.254 e. The van der Waals surface area contributed by atoms with E-state index < -0.39 is 0 Å². The van der Waals surface area contributed by atoms with Crippen molar-refractivity contribution < 1.29 is 9.53 Å². The van der Waals surface area contributed by atoms with Gasteiger partial charge in [-0.1, -0.05) is 6.07 Å². The van der Waals surface area contributed by atoms with E-state index in [2.05, 4.69) is 0 Å². The molecule has 4 nitrogen and oxygen atoms in total. The molecule has 1 fully saturated rings. The maximum atomic E-state index is 12.6. The van der Waals surface area contributed by atoms with Crippen LogP contribution in [0.1, 0.15) is 37.0 Å². The Morgan fingerprint density at radius 1 is 1.47 bits per heavy atom. The van der Waals surface area contributed by atoms with Gasteiger partial charge in [-0.05, 0) is 44.9 Å². The number of nitrogens with two attached hydrogens (primary N) is 1. The van der Waals surface area contributed by atoms with Gasteiger partial charge >= 0.3 is 0 Å². The zero-order chi connectivity index (χ0) is 14.0. The summed E-state index contributed by atoms with van der Waals surface area (Å²) in [6, 6.07) is 7.29. The van der Waals surface area contributed by atoms with Gasteiger partial charge in [-0.25, -0.2) is 0 Å². The first-order chi connectivity index (χ1) is 8.96. The molecule has 1 heterocycles. The van der Waals surface area contributed by atoms with Gasteiger partial charge in [-0.2, -0.15) is 0 Å². The number of nitrogens with zero attached hydrogens (tertiary/aromatic N) is 1. The monoisotopic (exact) mass is 262 g/mol. The van der Waals surface area contributed by atoms with Crippen molar-refractivity contribution in [2.45, 2.75) is 38.3 Å². The summed E-state index contributed by atoms with van der Waals surface area (Å²) in [5.74, 6) is 0.726. The summed E-state index contributed by atoms with van der Waals surface area (Å²) < 4.78 is 5.17. The molecule has 1 aliphatic heterocycles. The summed E-state index contributed by atoms with van der Waals surface area (Å²) in [5.41, 5.74) is 6.50. The fourth-order valence-corrected chi connectivity index (χ4v) is 2.59. The molecule has 1 aromatic rings. The first-order valence-corrected chi connectivity index (χ1v) is 6.68. The second-order valence-electron chi connectivity index (χ2n) is 5.59. The molecule has 2 rings (SSSR count). The first kappa shape index (κ1) is 13.9. The Balaban J connectivity index is 2.27. The molecule has 4 heteroatoms. The summed E-state index contributed by atoms with van der Waals surface area (Å²) in [5, 5.41) is 0. The van der Waals surface area contributed by atoms with Gasteiger partial charge in [-0.3, -0.25) is 4.79 Å². The van der Waals surface area contributed by atoms with Crippen molar-refractivity contribution >= 4 is 5.91 Å². The summed E-state index contributed by atoms with van der Waals surface area (Å²) in [6.07, 6.45) is 1.93. The lowest BCUT2D eigenvalue weighted by Crippen LogP contribution is -2.61. The van der Waals surface area contributed by atoms with Crippen LogP contribution in [0, 0.1) is 0 Å². The second-order valence-corrected chi connectivity index (χ2v) is 5.59. The van der Waals surface area contributed by atoms with Gasteiger partial charge in [0.1, 0.15) is 5.75 Å². The normalized spacial score (nSPS) is 22.1. The third-order valence-corrected chi connectivity index (χ3v) is 4.06. The quantitative estimate of drug-likeness (QED) is 0.887. The highest BCUT2D eigenvalue weighted by Gasteiger charge is 2.39. The average Bonchev–Trinajstić information content (AvgIpc) is 2.41. The largest absolute Gasteiger partial charge is 0.497 e. The van der Waals surface area contributed by atoms with E-state index in [1.165, 1.54) is 0 Å². The standard InChI is InChI=1S/C15H22N2O2/c1-15(2)13(16)8-5-9-17(15)14(18)11-6-4-7-12(10-11)19-3/h4,6-7,10,13H,5,8-9,16H2,1-3H3. The Hall–Kier alpha value is -1.55. The van der Waals surface area contributed by atoms with Crippen LogP contribution in [-0.4, -0.2) is 36.0 Å². The van der Waals surface area contributed by atoms with Crippen LogP contribution < -0.4 is 10.5 Å². The van der Waals surface area contributed by atoms with E-state index in [4.69, 9.17) is 10.5 Å². The molecule has 0 aromatic heterocycles. The van der Waals surface area contributed by atoms with E-state index >= 15 is 0 Å². The number of methoxy groups -OCH3 is 1. The lowest BCUT2D eigenvalue weighted by atomic mass is 9.85. The first-order valence-electron chi connectivity index (χ1n) is 6.68. The predicted molar refractivity (Wildman–Crippen MR) is 75.3 cm³/mol. The maximum absolute atomic E-state index is 12.6. The van der Waals surface area contributed by atoms with Crippen LogP contribution in [0.25, 0.3) is 0 Å². The molecule has 0 saturated carbocycles. The summed E-state index contributed by atoms with van der Waals surface area (Å²) in [4.78, 5) is 14.5. The Labute approximate surface area is 114 Å². The van der Waals surface area contributed by atoms with E-state index in [9.17, 15) is 4.79 Å². The zero-order valence-electron chi connectivity index (χ0n) is 11.8. The Kier molecular flexibility index (Phi) is 3.80. The van der Waals surface area contributed by atoms with Crippen molar-refractivity contribution in [1.82, 2.24) is 4.90 Å². The number of benzene rings is 1. The van der Waals surface area contributed by atoms with Crippen LogP contribution in [0.2, 0.25) is 0 Å². The van der Waals surface area contributed by atoms with Gasteiger partial charge in [0.05, 0.1) is 12.6 Å². The number of hydrogen-bond donors (Lipinski definition) is 1. The third-order valence-electron chi connectivity index (χ3n) is 4.06. The average molecular weight is 262 g/mol. The van der Waals surface area contributed by atoms with Gasteiger partial charge in [0, 0.05) is 18.2 Å². The van der Waals surface area contributed by atoms with E-state index in [1.807, 2.05) is 36.9 Å². The number of amides is 1. The van der Waals surface area contributed by atoms with Gasteiger partial charge < -0.3 is 15.4 Å². The van der Waals surface area contributed by atoms with Crippen LogP contribution in [0.3, 0.4) is 0 Å². The minimum atomic E-state index is -0.307. The number of carbonyl (C=O) groups is 1. The molecule has 0 bridgehead atoms. The summed E-state index contributed by atoms with van der Waals surface area (Å²) >= 11 is 0. The van der Waals surface area contributed by atoms with Crippen LogP contribution in [0.5, 0.6) is 5.75 Å². The van der Waals surface area contributed by atoms with Crippen molar-refractivity contribution in [2.75, 3.05) is 13.7 Å². The summed E-state index contributed by atoms with van der Waals surface area (Å²) in [7, 11) is 1.60. The van der Waals surface area contributed by atoms with Gasteiger partial charge in [0.25, 0.3) is 5.91 Å². The lowest BCUT2D eigenvalue weighted by molar-refractivity contribution is 0.0362. The van der Waals surface area contributed by atoms with Crippen molar-refractivity contribution in [1.29, 1.82) is 0 Å². The maximum Gasteiger partial charge on any atom is 0.254 e. The molecule has 0 spiro atoms. The highest BCUT2D eigenvalue weighted by atomic mass is 16.5. The Morgan fingerprint density at radius 2 is 2.21 bits per heavy atom. The topological polar surface area (TPSA) is 55.6 Å². The third kappa shape index (κ3) is 2.59. The predicted octanol–water partition coefficient (Wildman–Crippen LogP) is 2.04. The molecular weight excluding hydrogens is 240 g/mol. The van der Waals surface area contributed by atoms with E-state index in [-0.39, 0.29) is 17.5 Å². The van der Waals surface area contributed by atoms with Crippen LogP contribution in [0.15, 0.2) is 24.3 Å². The van der Waals surface area contributed by atoms with E-state index in [0.717, 1.165) is 19.4 Å². The Bertz CT molecular complexity index is 471. The number of piperidine rings is 1. The molecule has 19 heavy (non-hydrogen) atoms.